The molecule has 0 radical (unpaired) electrons. The van der Waals surface area contributed by atoms with E-state index in [0.29, 0.717) is 18.4 Å². The van der Waals surface area contributed by atoms with Gasteiger partial charge in [0, 0.05) is 6.42 Å². The van der Waals surface area contributed by atoms with Crippen LogP contribution in [0.4, 0.5) is 0 Å². The van der Waals surface area contributed by atoms with E-state index >= 15 is 0 Å². The van der Waals surface area contributed by atoms with Gasteiger partial charge in [-0.25, -0.2) is 0 Å². The quantitative estimate of drug-likeness (QED) is 0.751. The van der Waals surface area contributed by atoms with Crippen molar-refractivity contribution in [2.75, 3.05) is 6.54 Å². The van der Waals surface area contributed by atoms with Crippen LogP contribution in [-0.4, -0.2) is 18.6 Å². The van der Waals surface area contributed by atoms with Crippen LogP contribution in [0.25, 0.3) is 0 Å². The van der Waals surface area contributed by atoms with Gasteiger partial charge in [-0.3, -0.25) is 4.79 Å². The number of hydrogen-bond donors (Lipinski definition) is 1. The van der Waals surface area contributed by atoms with Crippen molar-refractivity contribution in [2.24, 2.45) is 17.1 Å². The Morgan fingerprint density at radius 3 is 2.50 bits per heavy atom. The Bertz CT molecular complexity index is 228. The summed E-state index contributed by atoms with van der Waals surface area (Å²) in [4.78, 5) is 11.6. The zero-order valence-electron chi connectivity index (χ0n) is 10.8. The molecule has 0 aliphatic heterocycles. The largest absolute Gasteiger partial charge is 0.462 e. The molecule has 0 aromatic heterocycles. The third-order valence-corrected chi connectivity index (χ3v) is 3.50. The second kappa shape index (κ2) is 5.67. The van der Waals surface area contributed by atoms with Crippen molar-refractivity contribution in [3.63, 3.8) is 0 Å². The van der Waals surface area contributed by atoms with Crippen molar-refractivity contribution in [1.29, 1.82) is 0 Å². The van der Waals surface area contributed by atoms with Crippen LogP contribution in [0.2, 0.25) is 0 Å². The number of nitrogens with two attached hydrogens (primary N) is 1. The molecular weight excluding hydrogens is 202 g/mol. The summed E-state index contributed by atoms with van der Waals surface area (Å²) in [5.74, 6) is 0.148. The monoisotopic (exact) mass is 227 g/mol. The van der Waals surface area contributed by atoms with Crippen molar-refractivity contribution >= 4 is 5.97 Å². The third-order valence-electron chi connectivity index (χ3n) is 3.50. The van der Waals surface area contributed by atoms with Gasteiger partial charge in [0.15, 0.2) is 0 Å². The lowest BCUT2D eigenvalue weighted by atomic mass is 9.76. The number of rotatable bonds is 4. The minimum absolute atomic E-state index is 0.0809. The van der Waals surface area contributed by atoms with E-state index in [0.717, 1.165) is 25.7 Å². The average molecular weight is 227 g/mol. The summed E-state index contributed by atoms with van der Waals surface area (Å²) in [5.41, 5.74) is 5.91. The Morgan fingerprint density at radius 2 is 2.00 bits per heavy atom. The molecule has 94 valence electrons. The molecule has 16 heavy (non-hydrogen) atoms. The lowest BCUT2D eigenvalue weighted by Crippen LogP contribution is -2.29. The predicted octanol–water partition coefficient (Wildman–Crippen LogP) is 2.48. The molecule has 0 spiro atoms. The second-order valence-corrected chi connectivity index (χ2v) is 5.90. The molecule has 0 aromatic rings. The molecule has 0 heterocycles. The van der Waals surface area contributed by atoms with E-state index in [-0.39, 0.29) is 18.0 Å². The Morgan fingerprint density at radius 1 is 1.44 bits per heavy atom. The van der Waals surface area contributed by atoms with Crippen LogP contribution >= 0.6 is 0 Å². The molecule has 0 amide bonds. The van der Waals surface area contributed by atoms with Crippen LogP contribution in [0.1, 0.15) is 52.9 Å². The van der Waals surface area contributed by atoms with Gasteiger partial charge in [-0.1, -0.05) is 20.8 Å². The third kappa shape index (κ3) is 4.52. The first-order valence-corrected chi connectivity index (χ1v) is 6.32. The van der Waals surface area contributed by atoms with Gasteiger partial charge in [0.2, 0.25) is 0 Å². The highest BCUT2D eigenvalue weighted by Gasteiger charge is 2.28. The number of hydrogen-bond acceptors (Lipinski definition) is 3. The Kier molecular flexibility index (Phi) is 4.78. The maximum absolute atomic E-state index is 11.6. The topological polar surface area (TPSA) is 52.3 Å². The molecule has 1 unspecified atom stereocenters. The van der Waals surface area contributed by atoms with Crippen LogP contribution < -0.4 is 5.73 Å². The van der Waals surface area contributed by atoms with E-state index < -0.39 is 0 Å². The molecule has 1 aliphatic rings. The van der Waals surface area contributed by atoms with E-state index in [1.165, 1.54) is 0 Å². The summed E-state index contributed by atoms with van der Waals surface area (Å²) < 4.78 is 5.46. The van der Waals surface area contributed by atoms with Crippen LogP contribution in [0.15, 0.2) is 0 Å². The van der Waals surface area contributed by atoms with Gasteiger partial charge < -0.3 is 10.5 Å². The minimum atomic E-state index is -0.0809. The number of esters is 1. The van der Waals surface area contributed by atoms with Gasteiger partial charge >= 0.3 is 5.97 Å². The highest BCUT2D eigenvalue weighted by Crippen LogP contribution is 2.36. The zero-order chi connectivity index (χ0) is 12.2. The van der Waals surface area contributed by atoms with Gasteiger partial charge in [0.05, 0.1) is 0 Å². The Labute approximate surface area is 98.7 Å². The Balaban J connectivity index is 2.26. The fourth-order valence-electron chi connectivity index (χ4n) is 2.09. The zero-order valence-corrected chi connectivity index (χ0v) is 10.8. The van der Waals surface area contributed by atoms with E-state index in [9.17, 15) is 4.79 Å². The summed E-state index contributed by atoms with van der Waals surface area (Å²) in [5, 5.41) is 0. The summed E-state index contributed by atoms with van der Waals surface area (Å²) in [6.45, 7) is 7.08. The highest BCUT2D eigenvalue weighted by atomic mass is 16.5. The van der Waals surface area contributed by atoms with Gasteiger partial charge in [-0.05, 0) is 43.6 Å². The first kappa shape index (κ1) is 13.5. The second-order valence-electron chi connectivity index (χ2n) is 5.90. The molecule has 1 fully saturated rings. The minimum Gasteiger partial charge on any atom is -0.462 e. The van der Waals surface area contributed by atoms with Crippen LogP contribution in [0, 0.1) is 11.3 Å². The van der Waals surface area contributed by atoms with E-state index in [2.05, 4.69) is 13.8 Å². The standard InChI is InChI=1S/C13H25NO2/c1-10(9-14)8-12(15)16-11-4-6-13(2,3)7-5-11/h10-11H,4-9,14H2,1-3H3. The van der Waals surface area contributed by atoms with Gasteiger partial charge in [-0.15, -0.1) is 0 Å². The smallest absolute Gasteiger partial charge is 0.306 e. The molecule has 0 aromatic carbocycles. The fourth-order valence-corrected chi connectivity index (χ4v) is 2.09. The van der Waals surface area contributed by atoms with E-state index in [1.54, 1.807) is 0 Å². The molecule has 2 N–H and O–H groups in total. The fraction of sp³-hybridized carbons (Fsp3) is 0.923. The van der Waals surface area contributed by atoms with Crippen molar-refractivity contribution in [3.05, 3.63) is 0 Å². The normalized spacial score (nSPS) is 22.8. The maximum atomic E-state index is 11.6. The number of carbonyl (C=O) groups excluding carboxylic acids is 1. The van der Waals surface area contributed by atoms with E-state index in [4.69, 9.17) is 10.5 Å². The average Bonchev–Trinajstić information content (AvgIpc) is 2.21. The lowest BCUT2D eigenvalue weighted by molar-refractivity contribution is -0.152. The van der Waals surface area contributed by atoms with Crippen molar-refractivity contribution in [3.8, 4) is 0 Å². The summed E-state index contributed by atoms with van der Waals surface area (Å²) in [6.07, 6.45) is 4.92. The van der Waals surface area contributed by atoms with Gasteiger partial charge in [-0.2, -0.15) is 0 Å². The van der Waals surface area contributed by atoms with Crippen LogP contribution in [-0.2, 0) is 9.53 Å². The highest BCUT2D eigenvalue weighted by molar-refractivity contribution is 5.69. The number of carbonyl (C=O) groups is 1. The summed E-state index contributed by atoms with van der Waals surface area (Å²) in [7, 11) is 0. The molecule has 3 nitrogen and oxygen atoms in total. The van der Waals surface area contributed by atoms with Gasteiger partial charge in [0.1, 0.15) is 6.10 Å². The van der Waals surface area contributed by atoms with Gasteiger partial charge in [0.25, 0.3) is 0 Å². The molecule has 1 aliphatic carbocycles. The molecular formula is C13H25NO2. The van der Waals surface area contributed by atoms with E-state index in [1.807, 2.05) is 6.92 Å². The van der Waals surface area contributed by atoms with Crippen molar-refractivity contribution in [1.82, 2.24) is 0 Å². The SMILES string of the molecule is CC(CN)CC(=O)OC1CCC(C)(C)CC1. The lowest BCUT2D eigenvalue weighted by Gasteiger charge is -2.33. The number of ether oxygens (including phenoxy) is 1. The first-order valence-electron chi connectivity index (χ1n) is 6.32. The van der Waals surface area contributed by atoms with Crippen LogP contribution in [0.3, 0.4) is 0 Å². The molecule has 1 saturated carbocycles. The maximum Gasteiger partial charge on any atom is 0.306 e. The molecule has 1 rings (SSSR count). The Hall–Kier alpha value is -0.570. The molecule has 1 atom stereocenters. The van der Waals surface area contributed by atoms with Crippen LogP contribution in [0.5, 0.6) is 0 Å². The molecule has 0 bridgehead atoms. The molecule has 3 heteroatoms. The molecule has 0 saturated heterocycles. The summed E-state index contributed by atoms with van der Waals surface area (Å²) in [6, 6.07) is 0. The predicted molar refractivity (Wildman–Crippen MR) is 65.0 cm³/mol. The first-order chi connectivity index (χ1) is 7.43. The van der Waals surface area contributed by atoms with Crippen molar-refractivity contribution < 1.29 is 9.53 Å². The summed E-state index contributed by atoms with van der Waals surface area (Å²) >= 11 is 0. The van der Waals surface area contributed by atoms with Crippen molar-refractivity contribution in [2.45, 2.75) is 59.0 Å².